The van der Waals surface area contributed by atoms with Crippen LogP contribution in [0.2, 0.25) is 0 Å². The van der Waals surface area contributed by atoms with Gasteiger partial charge in [0.25, 0.3) is 5.91 Å². The number of benzene rings is 1. The van der Waals surface area contributed by atoms with Crippen LogP contribution in [0.3, 0.4) is 0 Å². The van der Waals surface area contributed by atoms with Gasteiger partial charge in [-0.3, -0.25) is 4.79 Å². The predicted octanol–water partition coefficient (Wildman–Crippen LogP) is 2.32. The molecule has 0 aromatic heterocycles. The van der Waals surface area contributed by atoms with E-state index < -0.39 is 16.0 Å². The van der Waals surface area contributed by atoms with E-state index in [-0.39, 0.29) is 29.0 Å². The summed E-state index contributed by atoms with van der Waals surface area (Å²) in [5, 5.41) is 2.93. The van der Waals surface area contributed by atoms with Crippen LogP contribution >= 0.6 is 0 Å². The Kier molecular flexibility index (Phi) is 7.79. The lowest BCUT2D eigenvalue weighted by Gasteiger charge is -2.20. The molecule has 1 aromatic rings. The second-order valence-corrected chi connectivity index (χ2v) is 9.15. The average Bonchev–Trinajstić information content (AvgIpc) is 2.61. The first-order valence-electron chi connectivity index (χ1n) is 9.30. The van der Waals surface area contributed by atoms with Crippen LogP contribution in [0.4, 0.5) is 0 Å². The van der Waals surface area contributed by atoms with Gasteiger partial charge in [-0.15, -0.1) is 0 Å². The fraction of sp³-hybridized carbons (Fsp3) is 0.579. The summed E-state index contributed by atoms with van der Waals surface area (Å²) >= 11 is 0. The third-order valence-corrected chi connectivity index (χ3v) is 6.46. The molecule has 2 rings (SSSR count). The van der Waals surface area contributed by atoms with Crippen LogP contribution in [-0.2, 0) is 19.6 Å². The SMILES string of the molecule is CN(C)S(=O)(=O)c1cccc(C(=O)OCC(=O)NC2CCCCCCC2)c1. The zero-order valence-electron chi connectivity index (χ0n) is 15.9. The first-order valence-corrected chi connectivity index (χ1v) is 10.7. The molecule has 0 spiro atoms. The van der Waals surface area contributed by atoms with Gasteiger partial charge in [-0.1, -0.05) is 38.2 Å². The van der Waals surface area contributed by atoms with Crippen LogP contribution in [0, 0.1) is 0 Å². The number of nitrogens with zero attached hydrogens (tertiary/aromatic N) is 1. The highest BCUT2D eigenvalue weighted by Gasteiger charge is 2.20. The Balaban J connectivity index is 1.90. The number of nitrogens with one attached hydrogen (secondary N) is 1. The van der Waals surface area contributed by atoms with Crippen LogP contribution in [-0.4, -0.2) is 51.3 Å². The van der Waals surface area contributed by atoms with Gasteiger partial charge < -0.3 is 10.1 Å². The Labute approximate surface area is 161 Å². The van der Waals surface area contributed by atoms with E-state index >= 15 is 0 Å². The molecule has 7 nitrogen and oxygen atoms in total. The van der Waals surface area contributed by atoms with E-state index in [0.29, 0.717) is 0 Å². The monoisotopic (exact) mass is 396 g/mol. The summed E-state index contributed by atoms with van der Waals surface area (Å²) in [7, 11) is -0.810. The van der Waals surface area contributed by atoms with Crippen molar-refractivity contribution in [3.8, 4) is 0 Å². The minimum atomic E-state index is -3.64. The molecule has 1 fully saturated rings. The summed E-state index contributed by atoms with van der Waals surface area (Å²) in [5.74, 6) is -1.05. The quantitative estimate of drug-likeness (QED) is 0.745. The van der Waals surface area contributed by atoms with E-state index in [9.17, 15) is 18.0 Å². The van der Waals surface area contributed by atoms with Crippen LogP contribution in [0.1, 0.15) is 55.3 Å². The summed E-state index contributed by atoms with van der Waals surface area (Å²) in [6.45, 7) is -0.375. The number of amides is 1. The summed E-state index contributed by atoms with van der Waals surface area (Å²) in [5.41, 5.74) is 0.0941. The van der Waals surface area contributed by atoms with Crippen molar-refractivity contribution in [2.75, 3.05) is 20.7 Å². The lowest BCUT2D eigenvalue weighted by molar-refractivity contribution is -0.125. The highest BCUT2D eigenvalue weighted by Crippen LogP contribution is 2.17. The third-order valence-electron chi connectivity index (χ3n) is 4.65. The van der Waals surface area contributed by atoms with Crippen molar-refractivity contribution >= 4 is 21.9 Å². The largest absolute Gasteiger partial charge is 0.452 e. The van der Waals surface area contributed by atoms with Gasteiger partial charge in [-0.05, 0) is 31.0 Å². The zero-order chi connectivity index (χ0) is 19.9. The highest BCUT2D eigenvalue weighted by molar-refractivity contribution is 7.89. The van der Waals surface area contributed by atoms with E-state index in [2.05, 4.69) is 5.32 Å². The molecule has 0 heterocycles. The molecule has 8 heteroatoms. The first-order chi connectivity index (χ1) is 12.8. The van der Waals surface area contributed by atoms with Crippen molar-refractivity contribution in [2.24, 2.45) is 0 Å². The number of carbonyl (C=O) groups excluding carboxylic acids is 2. The molecule has 0 saturated heterocycles. The molecule has 0 atom stereocenters. The lowest BCUT2D eigenvalue weighted by atomic mass is 9.97. The zero-order valence-corrected chi connectivity index (χ0v) is 16.8. The van der Waals surface area contributed by atoms with E-state index in [1.165, 1.54) is 57.6 Å². The Hall–Kier alpha value is -1.93. The molecule has 0 radical (unpaired) electrons. The minimum Gasteiger partial charge on any atom is -0.452 e. The number of ether oxygens (including phenoxy) is 1. The number of rotatable bonds is 6. The molecule has 27 heavy (non-hydrogen) atoms. The van der Waals surface area contributed by atoms with Gasteiger partial charge in [0.15, 0.2) is 6.61 Å². The van der Waals surface area contributed by atoms with Crippen LogP contribution in [0.15, 0.2) is 29.2 Å². The van der Waals surface area contributed by atoms with E-state index in [1.54, 1.807) is 0 Å². The molecule has 1 aliphatic rings. The third kappa shape index (κ3) is 6.32. The van der Waals surface area contributed by atoms with Gasteiger partial charge in [0.05, 0.1) is 10.5 Å². The van der Waals surface area contributed by atoms with Crippen LogP contribution in [0.5, 0.6) is 0 Å². The van der Waals surface area contributed by atoms with Gasteiger partial charge in [0.1, 0.15) is 0 Å². The van der Waals surface area contributed by atoms with Crippen molar-refractivity contribution in [1.82, 2.24) is 9.62 Å². The molecule has 0 aliphatic heterocycles. The Bertz CT molecular complexity index is 753. The molecule has 0 bridgehead atoms. The number of carbonyl (C=O) groups is 2. The second kappa shape index (κ2) is 9.85. The standard InChI is InChI=1S/C19H28N2O5S/c1-21(2)27(24,25)17-12-8-9-15(13-17)19(23)26-14-18(22)20-16-10-6-4-3-5-7-11-16/h8-9,12-13,16H,3-7,10-11,14H2,1-2H3,(H,20,22). The molecular formula is C19H28N2O5S. The minimum absolute atomic E-state index is 0.000854. The smallest absolute Gasteiger partial charge is 0.338 e. The fourth-order valence-electron chi connectivity index (χ4n) is 3.08. The summed E-state index contributed by atoms with van der Waals surface area (Å²) < 4.78 is 30.4. The number of hydrogen-bond acceptors (Lipinski definition) is 5. The Morgan fingerprint density at radius 1 is 1.11 bits per heavy atom. The number of esters is 1. The van der Waals surface area contributed by atoms with Crippen molar-refractivity contribution in [3.05, 3.63) is 29.8 Å². The summed E-state index contributed by atoms with van der Waals surface area (Å²) in [6, 6.07) is 5.73. The van der Waals surface area contributed by atoms with Crippen molar-refractivity contribution in [1.29, 1.82) is 0 Å². The molecule has 1 aliphatic carbocycles. The number of sulfonamides is 1. The topological polar surface area (TPSA) is 92.8 Å². The van der Waals surface area contributed by atoms with Crippen LogP contribution < -0.4 is 5.32 Å². The van der Waals surface area contributed by atoms with Gasteiger partial charge in [0, 0.05) is 20.1 Å². The van der Waals surface area contributed by atoms with E-state index in [0.717, 1.165) is 30.0 Å². The van der Waals surface area contributed by atoms with E-state index in [4.69, 9.17) is 4.74 Å². The Morgan fingerprint density at radius 3 is 2.37 bits per heavy atom. The molecule has 1 N–H and O–H groups in total. The van der Waals surface area contributed by atoms with Gasteiger partial charge >= 0.3 is 5.97 Å². The molecule has 1 aromatic carbocycles. The maximum absolute atomic E-state index is 12.2. The van der Waals surface area contributed by atoms with Crippen molar-refractivity contribution in [2.45, 2.75) is 55.9 Å². The average molecular weight is 397 g/mol. The molecule has 1 saturated carbocycles. The van der Waals surface area contributed by atoms with Gasteiger partial charge in [-0.25, -0.2) is 17.5 Å². The molecule has 150 valence electrons. The van der Waals surface area contributed by atoms with Gasteiger partial charge in [-0.2, -0.15) is 0 Å². The maximum atomic E-state index is 12.2. The summed E-state index contributed by atoms with van der Waals surface area (Å²) in [4.78, 5) is 24.3. The second-order valence-electron chi connectivity index (χ2n) is 7.00. The predicted molar refractivity (Wildman–Crippen MR) is 102 cm³/mol. The fourth-order valence-corrected chi connectivity index (χ4v) is 4.03. The molecular weight excluding hydrogens is 368 g/mol. The lowest BCUT2D eigenvalue weighted by Crippen LogP contribution is -2.38. The molecule has 0 unspecified atom stereocenters. The van der Waals surface area contributed by atoms with Crippen molar-refractivity contribution < 1.29 is 22.7 Å². The normalized spacial score (nSPS) is 16.4. The Morgan fingerprint density at radius 2 is 1.74 bits per heavy atom. The molecule has 1 amide bonds. The first kappa shape index (κ1) is 21.4. The highest BCUT2D eigenvalue weighted by atomic mass is 32.2. The summed E-state index contributed by atoms with van der Waals surface area (Å²) in [6.07, 6.45) is 7.71. The van der Waals surface area contributed by atoms with Crippen LogP contribution in [0.25, 0.3) is 0 Å². The maximum Gasteiger partial charge on any atom is 0.338 e. The van der Waals surface area contributed by atoms with E-state index in [1.807, 2.05) is 0 Å². The van der Waals surface area contributed by atoms with Gasteiger partial charge in [0.2, 0.25) is 10.0 Å². The van der Waals surface area contributed by atoms with Crippen molar-refractivity contribution in [3.63, 3.8) is 0 Å². The number of hydrogen-bond donors (Lipinski definition) is 1.